The molecule has 292 valence electrons. The number of aromatic hydroxyl groups is 2. The summed E-state index contributed by atoms with van der Waals surface area (Å²) >= 11 is 0. The van der Waals surface area contributed by atoms with Gasteiger partial charge in [-0.2, -0.15) is 0 Å². The van der Waals surface area contributed by atoms with Gasteiger partial charge in [-0.3, -0.25) is 4.79 Å². The van der Waals surface area contributed by atoms with Crippen molar-refractivity contribution in [1.82, 2.24) is 0 Å². The lowest BCUT2D eigenvalue weighted by Gasteiger charge is -2.45. The van der Waals surface area contributed by atoms with E-state index in [2.05, 4.69) is 0 Å². The molecule has 2 aromatic carbocycles. The van der Waals surface area contributed by atoms with Crippen molar-refractivity contribution in [3.8, 4) is 34.3 Å². The zero-order valence-corrected chi connectivity index (χ0v) is 27.7. The monoisotopic (exact) mass is 756 g/mol. The molecule has 0 radical (unpaired) electrons. The molecule has 0 saturated carbocycles. The average Bonchev–Trinajstić information content (AvgIpc) is 3.12. The van der Waals surface area contributed by atoms with E-state index in [4.69, 9.17) is 32.8 Å². The van der Waals surface area contributed by atoms with Crippen molar-refractivity contribution >= 4 is 11.0 Å². The summed E-state index contributed by atoms with van der Waals surface area (Å²) < 4.78 is 40.1. The summed E-state index contributed by atoms with van der Waals surface area (Å²) in [6.45, 7) is -0.246. The molecule has 0 unspecified atom stereocenters. The first-order valence-corrected chi connectivity index (χ1v) is 16.4. The first-order chi connectivity index (χ1) is 25.1. The van der Waals surface area contributed by atoms with Gasteiger partial charge in [-0.25, -0.2) is 0 Å². The van der Waals surface area contributed by atoms with Crippen LogP contribution < -0.4 is 14.9 Å². The third-order valence-electron chi connectivity index (χ3n) is 9.28. The fraction of sp³-hybridized carbons (Fsp3) is 0.545. The molecule has 0 bridgehead atoms. The van der Waals surface area contributed by atoms with Gasteiger partial charge in [0.1, 0.15) is 89.3 Å². The van der Waals surface area contributed by atoms with Crippen LogP contribution in [0.1, 0.15) is 6.92 Å². The zero-order chi connectivity index (χ0) is 38.5. The fourth-order valence-electron chi connectivity index (χ4n) is 6.24. The highest BCUT2D eigenvalue weighted by Crippen LogP contribution is 2.39. The van der Waals surface area contributed by atoms with Gasteiger partial charge in [-0.05, 0) is 25.1 Å². The SMILES string of the molecule is C[C@@H]1O[C@@H](O[C@H]2[C@H](Oc3ccc(-c4cc(=O)c5c(O)cc(O)cc5o4)cc3O[C@@H]3O[C@H](CO)[C@@H](O)[C@H](O)[C@H]3O)O[C@H](CO)[C@@H](O)[C@@H]2O)[C@H](O)[C@H](O)[C@H]1O. The van der Waals surface area contributed by atoms with Crippen molar-refractivity contribution < 1.29 is 94.1 Å². The number of phenols is 2. The molecule has 0 spiro atoms. The first kappa shape index (κ1) is 39.0. The molecule has 6 rings (SSSR count). The Morgan fingerprint density at radius 3 is 1.92 bits per heavy atom. The molecule has 0 aliphatic carbocycles. The number of rotatable bonds is 9. The highest BCUT2D eigenvalue weighted by molar-refractivity contribution is 5.86. The third-order valence-corrected chi connectivity index (χ3v) is 9.28. The highest BCUT2D eigenvalue weighted by Gasteiger charge is 2.51. The van der Waals surface area contributed by atoms with Gasteiger partial charge in [-0.15, -0.1) is 0 Å². The van der Waals surface area contributed by atoms with Gasteiger partial charge in [0.15, 0.2) is 29.3 Å². The van der Waals surface area contributed by atoms with E-state index in [1.54, 1.807) is 0 Å². The lowest BCUT2D eigenvalue weighted by molar-refractivity contribution is -0.354. The molecule has 1 aromatic heterocycles. The minimum absolute atomic E-state index is 0.0834. The second-order valence-corrected chi connectivity index (χ2v) is 12.9. The zero-order valence-electron chi connectivity index (χ0n) is 27.7. The maximum atomic E-state index is 13.0. The van der Waals surface area contributed by atoms with E-state index >= 15 is 0 Å². The van der Waals surface area contributed by atoms with E-state index in [0.717, 1.165) is 18.2 Å². The number of aliphatic hydroxyl groups excluding tert-OH is 10. The maximum Gasteiger partial charge on any atom is 0.229 e. The Morgan fingerprint density at radius 1 is 0.642 bits per heavy atom. The Balaban J connectivity index is 1.39. The predicted molar refractivity (Wildman–Crippen MR) is 171 cm³/mol. The van der Waals surface area contributed by atoms with Crippen LogP contribution in [-0.4, -0.2) is 167 Å². The summed E-state index contributed by atoms with van der Waals surface area (Å²) in [4.78, 5) is 13.0. The van der Waals surface area contributed by atoms with E-state index in [-0.39, 0.29) is 33.8 Å². The van der Waals surface area contributed by atoms with Gasteiger partial charge in [-0.1, -0.05) is 0 Å². The van der Waals surface area contributed by atoms with Gasteiger partial charge in [0.05, 0.1) is 19.3 Å². The Labute approximate surface area is 298 Å². The lowest BCUT2D eigenvalue weighted by Crippen LogP contribution is -2.64. The number of ether oxygens (including phenoxy) is 6. The smallest absolute Gasteiger partial charge is 0.229 e. The van der Waals surface area contributed by atoms with Gasteiger partial charge in [0.2, 0.25) is 12.6 Å². The van der Waals surface area contributed by atoms with Crippen LogP contribution in [0.4, 0.5) is 0 Å². The normalized spacial score (nSPS) is 37.8. The van der Waals surface area contributed by atoms with Crippen LogP contribution in [0.3, 0.4) is 0 Å². The summed E-state index contributed by atoms with van der Waals surface area (Å²) in [7, 11) is 0. The van der Waals surface area contributed by atoms with Crippen molar-refractivity contribution in [2.45, 2.75) is 99.0 Å². The molecule has 3 aliphatic heterocycles. The summed E-state index contributed by atoms with van der Waals surface area (Å²) in [5.41, 5.74) is -0.813. The highest BCUT2D eigenvalue weighted by atomic mass is 16.8. The van der Waals surface area contributed by atoms with E-state index in [9.17, 15) is 66.1 Å². The predicted octanol–water partition coefficient (Wildman–Crippen LogP) is -3.92. The van der Waals surface area contributed by atoms with Crippen LogP contribution in [0, 0.1) is 0 Å². The lowest BCUT2D eigenvalue weighted by atomic mass is 9.97. The van der Waals surface area contributed by atoms with Crippen molar-refractivity contribution in [3.05, 3.63) is 46.6 Å². The van der Waals surface area contributed by atoms with Crippen molar-refractivity contribution in [2.75, 3.05) is 13.2 Å². The van der Waals surface area contributed by atoms with Gasteiger partial charge in [0.25, 0.3) is 0 Å². The summed E-state index contributed by atoms with van der Waals surface area (Å²) in [5, 5.41) is 124. The number of benzene rings is 2. The quantitative estimate of drug-likeness (QED) is 0.0992. The van der Waals surface area contributed by atoms with E-state index < -0.39 is 122 Å². The molecule has 20 nitrogen and oxygen atoms in total. The van der Waals surface area contributed by atoms with Crippen LogP contribution in [0.2, 0.25) is 0 Å². The van der Waals surface area contributed by atoms with Crippen LogP contribution >= 0.6 is 0 Å². The molecular weight excluding hydrogens is 716 g/mol. The number of fused-ring (bicyclic) bond motifs is 1. The Kier molecular flexibility index (Phi) is 11.5. The topological polar surface area (TPSA) is 328 Å². The fourth-order valence-corrected chi connectivity index (χ4v) is 6.24. The van der Waals surface area contributed by atoms with E-state index in [1.165, 1.54) is 25.1 Å². The summed E-state index contributed by atoms with van der Waals surface area (Å²) in [6, 6.07) is 6.82. The number of hydrogen-bond donors (Lipinski definition) is 12. The molecular formula is C33H40O20. The molecule has 3 saturated heterocycles. The molecule has 12 N–H and O–H groups in total. The molecule has 20 heteroatoms. The second kappa shape index (κ2) is 15.6. The average molecular weight is 757 g/mol. The van der Waals surface area contributed by atoms with Crippen molar-refractivity contribution in [1.29, 1.82) is 0 Å². The third kappa shape index (κ3) is 7.52. The van der Waals surface area contributed by atoms with Crippen molar-refractivity contribution in [3.63, 3.8) is 0 Å². The van der Waals surface area contributed by atoms with Gasteiger partial charge < -0.3 is 94.1 Å². The van der Waals surface area contributed by atoms with Crippen molar-refractivity contribution in [2.24, 2.45) is 0 Å². The molecule has 3 aromatic rings. The molecule has 3 aliphatic rings. The second-order valence-electron chi connectivity index (χ2n) is 12.9. The Morgan fingerprint density at radius 2 is 1.25 bits per heavy atom. The molecule has 4 heterocycles. The van der Waals surface area contributed by atoms with Gasteiger partial charge >= 0.3 is 0 Å². The first-order valence-electron chi connectivity index (χ1n) is 16.4. The molecule has 0 amide bonds. The van der Waals surface area contributed by atoms with Crippen LogP contribution in [0.25, 0.3) is 22.3 Å². The maximum absolute atomic E-state index is 13.0. The number of aliphatic hydroxyl groups is 10. The van der Waals surface area contributed by atoms with Crippen LogP contribution in [-0.2, 0) is 18.9 Å². The van der Waals surface area contributed by atoms with Gasteiger partial charge in [0, 0.05) is 23.8 Å². The Bertz CT molecular complexity index is 1800. The molecule has 53 heavy (non-hydrogen) atoms. The number of hydrogen-bond acceptors (Lipinski definition) is 20. The molecule has 15 atom stereocenters. The largest absolute Gasteiger partial charge is 0.508 e. The van der Waals surface area contributed by atoms with E-state index in [1.807, 2.05) is 0 Å². The minimum Gasteiger partial charge on any atom is -0.508 e. The van der Waals surface area contributed by atoms with Crippen LogP contribution in [0.5, 0.6) is 23.0 Å². The van der Waals surface area contributed by atoms with Crippen LogP contribution in [0.15, 0.2) is 45.6 Å². The number of phenolic OH excluding ortho intramolecular Hbond substituents is 2. The minimum atomic E-state index is -1.92. The Hall–Kier alpha value is -3.71. The summed E-state index contributed by atoms with van der Waals surface area (Å²) in [6.07, 6.45) is -25.3. The standard InChI is InChI=1S/C33H40O20/c1-10-22(39)25(42)28(45)31(47-10)53-30-27(44)24(41)20(9-35)52-33(30)49-15-3-2-11(16-7-14(38)21-13(37)5-12(36)6-18(21)48-16)4-17(15)50-32-29(46)26(43)23(40)19(8-34)51-32/h2-7,10,19-20,22-37,39-46H,8-9H2,1H3/t10-,19+,20+,22-,23+,24+,25+,26-,27-,28+,29+,30+,31-,32+,33+/m0/s1. The van der Waals surface area contributed by atoms with E-state index in [0.29, 0.717) is 0 Å². The summed E-state index contributed by atoms with van der Waals surface area (Å²) in [5.74, 6) is -1.76. The molecule has 3 fully saturated rings.